The molecule has 4 heteroatoms. The molecule has 0 aromatic rings. The highest BCUT2D eigenvalue weighted by molar-refractivity contribution is 6.32. The molecule has 0 aromatic heterocycles. The van der Waals surface area contributed by atoms with Gasteiger partial charge in [-0.25, -0.2) is 4.79 Å². The lowest BCUT2D eigenvalue weighted by Crippen LogP contribution is -2.38. The third kappa shape index (κ3) is 2.06. The van der Waals surface area contributed by atoms with Crippen LogP contribution >= 0.6 is 0 Å². The summed E-state index contributed by atoms with van der Waals surface area (Å²) in [5.41, 5.74) is 0. The fraction of sp³-hybridized carbons (Fsp3) is 0.833. The minimum absolute atomic E-state index is 0.523. The van der Waals surface area contributed by atoms with E-state index < -0.39 is 11.9 Å². The number of methoxy groups -OCH3 is 1. The van der Waals surface area contributed by atoms with E-state index in [1.165, 1.54) is 37.7 Å². The summed E-state index contributed by atoms with van der Waals surface area (Å²) in [4.78, 5) is 24.1. The SMILES string of the molecule is COC(=O)C(=O)N(C)CC1CC2CCC1C2. The number of fused-ring (bicyclic) bond motifs is 2. The molecule has 0 aliphatic heterocycles. The van der Waals surface area contributed by atoms with Crippen LogP contribution in [0, 0.1) is 17.8 Å². The standard InChI is InChI=1S/C12H19NO3/c1-13(11(14)12(15)16-2)7-10-6-8-3-4-9(10)5-8/h8-10H,3-7H2,1-2H3. The molecule has 3 unspecified atom stereocenters. The number of carbonyl (C=O) groups is 2. The van der Waals surface area contributed by atoms with E-state index in [1.807, 2.05) is 0 Å². The summed E-state index contributed by atoms with van der Waals surface area (Å²) in [6.07, 6.45) is 5.21. The van der Waals surface area contributed by atoms with Crippen molar-refractivity contribution >= 4 is 11.9 Å². The quantitative estimate of drug-likeness (QED) is 0.521. The number of nitrogens with zero attached hydrogens (tertiary/aromatic N) is 1. The minimum atomic E-state index is -0.759. The van der Waals surface area contributed by atoms with Gasteiger partial charge in [-0.1, -0.05) is 6.42 Å². The fourth-order valence-electron chi connectivity index (χ4n) is 3.28. The third-order valence-corrected chi connectivity index (χ3v) is 4.10. The first kappa shape index (κ1) is 11.4. The first-order valence-corrected chi connectivity index (χ1v) is 5.95. The number of ether oxygens (including phenoxy) is 1. The summed E-state index contributed by atoms with van der Waals surface area (Å²) in [6.45, 7) is 0.703. The van der Waals surface area contributed by atoms with E-state index >= 15 is 0 Å². The molecule has 2 saturated carbocycles. The van der Waals surface area contributed by atoms with Crippen LogP contribution in [0.4, 0.5) is 0 Å². The second kappa shape index (κ2) is 4.44. The molecule has 90 valence electrons. The van der Waals surface area contributed by atoms with Crippen LogP contribution in [0.15, 0.2) is 0 Å². The molecular formula is C12H19NO3. The van der Waals surface area contributed by atoms with Gasteiger partial charge in [-0.15, -0.1) is 0 Å². The van der Waals surface area contributed by atoms with Gasteiger partial charge >= 0.3 is 11.9 Å². The molecule has 2 rings (SSSR count). The Labute approximate surface area is 95.9 Å². The Balaban J connectivity index is 1.85. The number of likely N-dealkylation sites (N-methyl/N-ethyl adjacent to an activating group) is 1. The van der Waals surface area contributed by atoms with E-state index in [2.05, 4.69) is 4.74 Å². The summed E-state index contributed by atoms with van der Waals surface area (Å²) < 4.78 is 4.43. The maximum absolute atomic E-state index is 11.5. The van der Waals surface area contributed by atoms with Crippen LogP contribution in [0.25, 0.3) is 0 Å². The number of esters is 1. The van der Waals surface area contributed by atoms with Crippen molar-refractivity contribution in [3.8, 4) is 0 Å². The lowest BCUT2D eigenvalue weighted by Gasteiger charge is -2.26. The van der Waals surface area contributed by atoms with Crippen molar-refractivity contribution in [1.82, 2.24) is 4.90 Å². The lowest BCUT2D eigenvalue weighted by molar-refractivity contribution is -0.157. The van der Waals surface area contributed by atoms with Crippen molar-refractivity contribution in [2.45, 2.75) is 25.7 Å². The van der Waals surface area contributed by atoms with Crippen molar-refractivity contribution in [2.75, 3.05) is 20.7 Å². The van der Waals surface area contributed by atoms with Crippen molar-refractivity contribution < 1.29 is 14.3 Å². The number of hydrogen-bond donors (Lipinski definition) is 0. The molecule has 0 heterocycles. The van der Waals surface area contributed by atoms with Gasteiger partial charge in [0, 0.05) is 13.6 Å². The maximum atomic E-state index is 11.5. The number of carbonyl (C=O) groups excluding carboxylic acids is 2. The first-order chi connectivity index (χ1) is 7.61. The molecule has 0 N–H and O–H groups in total. The van der Waals surface area contributed by atoms with E-state index in [4.69, 9.17) is 0 Å². The van der Waals surface area contributed by atoms with Crippen LogP contribution in [0.3, 0.4) is 0 Å². The highest BCUT2D eigenvalue weighted by atomic mass is 16.5. The third-order valence-electron chi connectivity index (χ3n) is 4.10. The van der Waals surface area contributed by atoms with E-state index in [-0.39, 0.29) is 0 Å². The normalized spacial score (nSPS) is 31.5. The Kier molecular flexibility index (Phi) is 3.17. The largest absolute Gasteiger partial charge is 0.462 e. The number of hydrogen-bond acceptors (Lipinski definition) is 3. The average molecular weight is 225 g/mol. The van der Waals surface area contributed by atoms with Crippen LogP contribution in [0.5, 0.6) is 0 Å². The molecule has 16 heavy (non-hydrogen) atoms. The summed E-state index contributed by atoms with van der Waals surface area (Å²) in [6, 6.07) is 0. The smallest absolute Gasteiger partial charge is 0.396 e. The van der Waals surface area contributed by atoms with Gasteiger partial charge in [-0.2, -0.15) is 0 Å². The predicted molar refractivity (Wildman–Crippen MR) is 58.6 cm³/mol. The topological polar surface area (TPSA) is 46.6 Å². The zero-order valence-corrected chi connectivity index (χ0v) is 9.94. The fourth-order valence-corrected chi connectivity index (χ4v) is 3.28. The van der Waals surface area contributed by atoms with Gasteiger partial charge in [0.2, 0.25) is 0 Å². The molecule has 1 amide bonds. The van der Waals surface area contributed by atoms with Gasteiger partial charge in [0.15, 0.2) is 0 Å². The Hall–Kier alpha value is -1.06. The van der Waals surface area contributed by atoms with Crippen molar-refractivity contribution in [1.29, 1.82) is 0 Å². The van der Waals surface area contributed by atoms with Crippen LogP contribution in [-0.2, 0) is 14.3 Å². The first-order valence-electron chi connectivity index (χ1n) is 5.95. The van der Waals surface area contributed by atoms with Crippen LogP contribution < -0.4 is 0 Å². The van der Waals surface area contributed by atoms with Crippen LogP contribution in [-0.4, -0.2) is 37.5 Å². The zero-order chi connectivity index (χ0) is 11.7. The summed E-state index contributed by atoms with van der Waals surface area (Å²) in [5, 5.41) is 0. The molecule has 4 nitrogen and oxygen atoms in total. The zero-order valence-electron chi connectivity index (χ0n) is 9.94. The second-order valence-corrected chi connectivity index (χ2v) is 5.11. The predicted octanol–water partition coefficient (Wildman–Crippen LogP) is 1.05. The Morgan fingerprint density at radius 1 is 1.31 bits per heavy atom. The summed E-state index contributed by atoms with van der Waals surface area (Å²) >= 11 is 0. The van der Waals surface area contributed by atoms with Crippen molar-refractivity contribution in [2.24, 2.45) is 17.8 Å². The molecule has 2 aliphatic rings. The Morgan fingerprint density at radius 2 is 2.06 bits per heavy atom. The Bertz CT molecular complexity index is 303. The Morgan fingerprint density at radius 3 is 2.56 bits per heavy atom. The van der Waals surface area contributed by atoms with E-state index in [9.17, 15) is 9.59 Å². The number of amides is 1. The lowest BCUT2D eigenvalue weighted by atomic mass is 9.88. The molecule has 2 fully saturated rings. The van der Waals surface area contributed by atoms with Gasteiger partial charge in [0.05, 0.1) is 7.11 Å². The van der Waals surface area contributed by atoms with Gasteiger partial charge < -0.3 is 9.64 Å². The monoisotopic (exact) mass is 225 g/mol. The van der Waals surface area contributed by atoms with Crippen molar-refractivity contribution in [3.63, 3.8) is 0 Å². The second-order valence-electron chi connectivity index (χ2n) is 5.11. The van der Waals surface area contributed by atoms with Gasteiger partial charge in [0.25, 0.3) is 0 Å². The average Bonchev–Trinajstić information content (AvgIpc) is 2.88. The van der Waals surface area contributed by atoms with Gasteiger partial charge in [-0.3, -0.25) is 4.79 Å². The molecule has 3 atom stereocenters. The van der Waals surface area contributed by atoms with Gasteiger partial charge in [-0.05, 0) is 37.0 Å². The van der Waals surface area contributed by atoms with Crippen LogP contribution in [0.2, 0.25) is 0 Å². The summed E-state index contributed by atoms with van der Waals surface area (Å²) in [7, 11) is 2.93. The van der Waals surface area contributed by atoms with E-state index in [0.29, 0.717) is 12.5 Å². The van der Waals surface area contributed by atoms with E-state index in [1.54, 1.807) is 7.05 Å². The van der Waals surface area contributed by atoms with E-state index in [0.717, 1.165) is 11.8 Å². The highest BCUT2D eigenvalue weighted by Gasteiger charge is 2.40. The highest BCUT2D eigenvalue weighted by Crippen LogP contribution is 2.48. The molecule has 0 radical (unpaired) electrons. The molecule has 0 aromatic carbocycles. The van der Waals surface area contributed by atoms with Gasteiger partial charge in [0.1, 0.15) is 0 Å². The summed E-state index contributed by atoms with van der Waals surface area (Å²) in [5.74, 6) is 0.961. The number of rotatable bonds is 2. The minimum Gasteiger partial charge on any atom is -0.462 e. The molecule has 0 spiro atoms. The van der Waals surface area contributed by atoms with Crippen molar-refractivity contribution in [3.05, 3.63) is 0 Å². The molecule has 0 saturated heterocycles. The molecule has 2 aliphatic carbocycles. The molecular weight excluding hydrogens is 206 g/mol. The molecule has 2 bridgehead atoms. The maximum Gasteiger partial charge on any atom is 0.396 e. The van der Waals surface area contributed by atoms with Crippen LogP contribution in [0.1, 0.15) is 25.7 Å².